The van der Waals surface area contributed by atoms with Crippen LogP contribution < -0.4 is 0 Å². The van der Waals surface area contributed by atoms with Gasteiger partial charge in [0.15, 0.2) is 0 Å². The summed E-state index contributed by atoms with van der Waals surface area (Å²) in [7, 11) is 0. The molecule has 1 saturated carbocycles. The fraction of sp³-hybridized carbons (Fsp3) is 0.636. The Kier molecular flexibility index (Phi) is 3.54. The topological polar surface area (TPSA) is 16.4 Å². The second-order valence-corrected chi connectivity index (χ2v) is 4.31. The van der Waals surface area contributed by atoms with Gasteiger partial charge in [0.25, 0.3) is 0 Å². The van der Waals surface area contributed by atoms with E-state index in [0.29, 0.717) is 0 Å². The maximum Gasteiger partial charge on any atom is 0.117 e. The minimum Gasteiger partial charge on any atom is -0.468 e. The van der Waals surface area contributed by atoms with Crippen LogP contribution in [0.1, 0.15) is 25.0 Å². The summed E-state index contributed by atoms with van der Waals surface area (Å²) in [6, 6.07) is 4.81. The molecule has 1 aliphatic carbocycles. The minimum absolute atomic E-state index is 0.806. The zero-order valence-corrected chi connectivity index (χ0v) is 9.25. The van der Waals surface area contributed by atoms with E-state index in [2.05, 4.69) is 23.6 Å². The van der Waals surface area contributed by atoms with Crippen LogP contribution in [-0.2, 0) is 6.54 Å². The summed E-state index contributed by atoms with van der Waals surface area (Å²) in [6.45, 7) is 2.11. The summed E-state index contributed by atoms with van der Waals surface area (Å²) in [4.78, 5) is 2.51. The standard InChI is InChI=1S/C11H17NOS/c14-8-2-6-12(10-4-5-10)9-11-3-1-7-13-11/h1,3,7,10,14H,2,4-6,8-9H2. The van der Waals surface area contributed by atoms with Crippen LogP contribution in [0.5, 0.6) is 0 Å². The van der Waals surface area contributed by atoms with E-state index in [-0.39, 0.29) is 0 Å². The quantitative estimate of drug-likeness (QED) is 0.728. The van der Waals surface area contributed by atoms with Gasteiger partial charge in [-0.2, -0.15) is 12.6 Å². The Morgan fingerprint density at radius 3 is 2.93 bits per heavy atom. The lowest BCUT2D eigenvalue weighted by atomic mass is 10.3. The summed E-state index contributed by atoms with van der Waals surface area (Å²) < 4.78 is 5.36. The zero-order chi connectivity index (χ0) is 9.80. The highest BCUT2D eigenvalue weighted by molar-refractivity contribution is 7.80. The van der Waals surface area contributed by atoms with Crippen molar-refractivity contribution in [1.82, 2.24) is 4.90 Å². The molecule has 3 heteroatoms. The molecule has 1 fully saturated rings. The summed E-state index contributed by atoms with van der Waals surface area (Å²) in [5.74, 6) is 2.05. The first-order valence-corrected chi connectivity index (χ1v) is 5.90. The van der Waals surface area contributed by atoms with Crippen molar-refractivity contribution in [2.75, 3.05) is 12.3 Å². The molecule has 0 saturated heterocycles. The van der Waals surface area contributed by atoms with Gasteiger partial charge in [-0.3, -0.25) is 4.90 Å². The van der Waals surface area contributed by atoms with Crippen molar-refractivity contribution in [3.05, 3.63) is 24.2 Å². The van der Waals surface area contributed by atoms with Crippen LogP contribution in [-0.4, -0.2) is 23.2 Å². The van der Waals surface area contributed by atoms with Gasteiger partial charge < -0.3 is 4.42 Å². The third-order valence-electron chi connectivity index (χ3n) is 2.61. The summed E-state index contributed by atoms with van der Waals surface area (Å²) >= 11 is 4.25. The molecule has 0 atom stereocenters. The lowest BCUT2D eigenvalue weighted by molar-refractivity contribution is 0.235. The van der Waals surface area contributed by atoms with Crippen molar-refractivity contribution in [1.29, 1.82) is 0 Å². The van der Waals surface area contributed by atoms with Crippen LogP contribution >= 0.6 is 12.6 Å². The zero-order valence-electron chi connectivity index (χ0n) is 8.35. The third kappa shape index (κ3) is 2.79. The van der Waals surface area contributed by atoms with Gasteiger partial charge in [0.05, 0.1) is 12.8 Å². The molecule has 1 heterocycles. The normalized spacial score (nSPS) is 16.4. The Morgan fingerprint density at radius 1 is 1.50 bits per heavy atom. The van der Waals surface area contributed by atoms with Gasteiger partial charge in [0.1, 0.15) is 5.76 Å². The predicted octanol–water partition coefficient (Wildman–Crippen LogP) is 2.56. The van der Waals surface area contributed by atoms with Crippen LogP contribution in [0.4, 0.5) is 0 Å². The highest BCUT2D eigenvalue weighted by atomic mass is 32.1. The Balaban J connectivity index is 1.84. The van der Waals surface area contributed by atoms with Crippen LogP contribution in [0.3, 0.4) is 0 Å². The highest BCUT2D eigenvalue weighted by Crippen LogP contribution is 2.28. The molecule has 78 valence electrons. The van der Waals surface area contributed by atoms with Crippen LogP contribution in [0.2, 0.25) is 0 Å². The molecule has 14 heavy (non-hydrogen) atoms. The second-order valence-electron chi connectivity index (χ2n) is 3.86. The van der Waals surface area contributed by atoms with Gasteiger partial charge in [-0.15, -0.1) is 0 Å². The molecule has 0 aliphatic heterocycles. The predicted molar refractivity (Wildman–Crippen MR) is 60.6 cm³/mol. The number of hydrogen-bond donors (Lipinski definition) is 1. The monoisotopic (exact) mass is 211 g/mol. The van der Waals surface area contributed by atoms with Gasteiger partial charge in [-0.25, -0.2) is 0 Å². The molecule has 0 unspecified atom stereocenters. The first-order valence-electron chi connectivity index (χ1n) is 5.27. The number of rotatable bonds is 6. The highest BCUT2D eigenvalue weighted by Gasteiger charge is 2.28. The fourth-order valence-corrected chi connectivity index (χ4v) is 1.85. The number of furan rings is 1. The molecule has 2 nitrogen and oxygen atoms in total. The Labute approximate surface area is 90.7 Å². The average Bonchev–Trinajstić information content (AvgIpc) is 2.92. The van der Waals surface area contributed by atoms with Crippen molar-refractivity contribution in [2.45, 2.75) is 31.8 Å². The van der Waals surface area contributed by atoms with E-state index in [0.717, 1.165) is 30.6 Å². The lowest BCUT2D eigenvalue weighted by Gasteiger charge is -2.19. The third-order valence-corrected chi connectivity index (χ3v) is 2.92. The van der Waals surface area contributed by atoms with E-state index in [1.807, 2.05) is 6.07 Å². The fourth-order valence-electron chi connectivity index (χ4n) is 1.71. The van der Waals surface area contributed by atoms with Crippen molar-refractivity contribution < 1.29 is 4.42 Å². The molecule has 0 bridgehead atoms. The second kappa shape index (κ2) is 4.89. The van der Waals surface area contributed by atoms with Crippen molar-refractivity contribution in [3.8, 4) is 0 Å². The maximum absolute atomic E-state index is 5.36. The van der Waals surface area contributed by atoms with Gasteiger partial charge in [-0.05, 0) is 43.7 Å². The lowest BCUT2D eigenvalue weighted by Crippen LogP contribution is -2.26. The van der Waals surface area contributed by atoms with E-state index in [1.54, 1.807) is 6.26 Å². The van der Waals surface area contributed by atoms with Crippen molar-refractivity contribution >= 4 is 12.6 Å². The summed E-state index contributed by atoms with van der Waals surface area (Å²) in [6.07, 6.45) is 5.62. The molecule has 1 aliphatic rings. The minimum atomic E-state index is 0.806. The van der Waals surface area contributed by atoms with Gasteiger partial charge in [-0.1, -0.05) is 0 Å². The number of nitrogens with zero attached hydrogens (tertiary/aromatic N) is 1. The molecular formula is C11H17NOS. The molecular weight excluding hydrogens is 194 g/mol. The first-order chi connectivity index (χ1) is 6.90. The number of thiol groups is 1. The van der Waals surface area contributed by atoms with Crippen LogP contribution in [0, 0.1) is 0 Å². The molecule has 0 amide bonds. The Morgan fingerprint density at radius 2 is 2.36 bits per heavy atom. The molecule has 0 aromatic carbocycles. The average molecular weight is 211 g/mol. The van der Waals surface area contributed by atoms with Crippen molar-refractivity contribution in [2.24, 2.45) is 0 Å². The number of hydrogen-bond acceptors (Lipinski definition) is 3. The molecule has 0 N–H and O–H groups in total. The van der Waals surface area contributed by atoms with E-state index < -0.39 is 0 Å². The molecule has 0 radical (unpaired) electrons. The van der Waals surface area contributed by atoms with Crippen LogP contribution in [0.15, 0.2) is 22.8 Å². The Bertz CT molecular complexity index is 256. The summed E-state index contributed by atoms with van der Waals surface area (Å²) in [5.41, 5.74) is 0. The summed E-state index contributed by atoms with van der Waals surface area (Å²) in [5, 5.41) is 0. The van der Waals surface area contributed by atoms with Gasteiger partial charge >= 0.3 is 0 Å². The molecule has 1 aromatic heterocycles. The van der Waals surface area contributed by atoms with Crippen LogP contribution in [0.25, 0.3) is 0 Å². The van der Waals surface area contributed by atoms with E-state index in [4.69, 9.17) is 4.42 Å². The van der Waals surface area contributed by atoms with Crippen molar-refractivity contribution in [3.63, 3.8) is 0 Å². The van der Waals surface area contributed by atoms with E-state index >= 15 is 0 Å². The first kappa shape index (κ1) is 10.1. The molecule has 1 aromatic rings. The van der Waals surface area contributed by atoms with E-state index in [1.165, 1.54) is 19.3 Å². The maximum atomic E-state index is 5.36. The van der Waals surface area contributed by atoms with Gasteiger partial charge in [0.2, 0.25) is 0 Å². The smallest absolute Gasteiger partial charge is 0.117 e. The largest absolute Gasteiger partial charge is 0.468 e. The molecule has 2 rings (SSSR count). The Hall–Kier alpha value is -0.410. The molecule has 0 spiro atoms. The SMILES string of the molecule is SCCCN(Cc1ccco1)C1CC1. The van der Waals surface area contributed by atoms with E-state index in [9.17, 15) is 0 Å². The van der Waals surface area contributed by atoms with Gasteiger partial charge in [0, 0.05) is 6.04 Å².